The summed E-state index contributed by atoms with van der Waals surface area (Å²) in [6.07, 6.45) is 3.03. The number of carbonyl (C=O) groups is 2. The van der Waals surface area contributed by atoms with Crippen molar-refractivity contribution in [3.63, 3.8) is 0 Å². The molecule has 7 heteroatoms. The molecule has 0 spiro atoms. The molecule has 0 saturated carbocycles. The second-order valence-corrected chi connectivity index (χ2v) is 7.26. The van der Waals surface area contributed by atoms with E-state index in [1.165, 1.54) is 23.0 Å². The van der Waals surface area contributed by atoms with E-state index in [2.05, 4.69) is 49.3 Å². The summed E-state index contributed by atoms with van der Waals surface area (Å²) in [7, 11) is 0. The van der Waals surface area contributed by atoms with Crippen LogP contribution in [0, 0.1) is 5.82 Å². The lowest BCUT2D eigenvalue weighted by molar-refractivity contribution is -0.120. The van der Waals surface area contributed by atoms with Crippen LogP contribution in [-0.2, 0) is 11.3 Å². The smallest absolute Gasteiger partial charge is 0.252 e. The van der Waals surface area contributed by atoms with E-state index in [1.54, 1.807) is 0 Å². The summed E-state index contributed by atoms with van der Waals surface area (Å²) in [5, 5.41) is 6.69. The molecule has 2 N–H and O–H groups in total. The third kappa shape index (κ3) is 5.19. The van der Waals surface area contributed by atoms with E-state index in [9.17, 15) is 14.0 Å². The third-order valence-corrected chi connectivity index (χ3v) is 5.08. The maximum Gasteiger partial charge on any atom is 0.252 e. The first-order valence-corrected chi connectivity index (χ1v) is 9.88. The lowest BCUT2D eigenvalue weighted by Crippen LogP contribution is -2.31. The number of benzene rings is 2. The topological polar surface area (TPSA) is 63.1 Å². The first-order valence-electron chi connectivity index (χ1n) is 9.08. The molecule has 0 aliphatic heterocycles. The molecule has 5 nitrogen and oxygen atoms in total. The number of nitrogens with one attached hydrogen (secondary N) is 2. The van der Waals surface area contributed by atoms with E-state index in [0.29, 0.717) is 11.0 Å². The van der Waals surface area contributed by atoms with E-state index in [4.69, 9.17) is 0 Å². The van der Waals surface area contributed by atoms with Crippen LogP contribution in [0.25, 0.3) is 10.9 Å². The Morgan fingerprint density at radius 2 is 1.86 bits per heavy atom. The van der Waals surface area contributed by atoms with Crippen molar-refractivity contribution in [2.45, 2.75) is 19.4 Å². The van der Waals surface area contributed by atoms with Gasteiger partial charge >= 0.3 is 0 Å². The van der Waals surface area contributed by atoms with E-state index < -0.39 is 11.7 Å². The van der Waals surface area contributed by atoms with Gasteiger partial charge in [0.05, 0.1) is 5.56 Å². The number of hydrogen-bond acceptors (Lipinski definition) is 2. The highest BCUT2D eigenvalue weighted by molar-refractivity contribution is 9.10. The van der Waals surface area contributed by atoms with Gasteiger partial charge in [0.1, 0.15) is 5.82 Å². The highest BCUT2D eigenvalue weighted by Gasteiger charge is 2.11. The predicted molar refractivity (Wildman–Crippen MR) is 111 cm³/mol. The Bertz CT molecular complexity index is 987. The summed E-state index contributed by atoms with van der Waals surface area (Å²) in [5.41, 5.74) is 1.39. The predicted octanol–water partition coefficient (Wildman–Crippen LogP) is 3.87. The largest absolute Gasteiger partial charge is 0.356 e. The molecule has 0 aliphatic rings. The standard InChI is InChI=1S/C21H21BrFN3O2/c22-18-7-6-16(23)14-17(18)21(28)25-11-8-20(27)24-10-3-12-26-13-9-15-4-1-2-5-19(15)26/h1-2,4-7,9,13-14H,3,8,10-12H2,(H,24,27)(H,25,28). The van der Waals surface area contributed by atoms with Crippen LogP contribution in [0.5, 0.6) is 0 Å². The number of amides is 2. The Kier molecular flexibility index (Phi) is 6.81. The summed E-state index contributed by atoms with van der Waals surface area (Å²) in [6.45, 7) is 1.57. The van der Waals surface area contributed by atoms with Crippen LogP contribution in [0.2, 0.25) is 0 Å². The lowest BCUT2D eigenvalue weighted by atomic mass is 10.2. The first-order chi connectivity index (χ1) is 13.5. The molecule has 0 bridgehead atoms. The van der Waals surface area contributed by atoms with E-state index in [0.717, 1.165) is 19.0 Å². The summed E-state index contributed by atoms with van der Waals surface area (Å²) in [4.78, 5) is 24.0. The Hall–Kier alpha value is -2.67. The average molecular weight is 446 g/mol. The number of rotatable bonds is 8. The lowest BCUT2D eigenvalue weighted by Gasteiger charge is -2.09. The van der Waals surface area contributed by atoms with Gasteiger partial charge in [-0.1, -0.05) is 18.2 Å². The van der Waals surface area contributed by atoms with Crippen LogP contribution in [0.3, 0.4) is 0 Å². The summed E-state index contributed by atoms with van der Waals surface area (Å²) in [6, 6.07) is 14.2. The minimum atomic E-state index is -0.485. The van der Waals surface area contributed by atoms with E-state index in [-0.39, 0.29) is 24.4 Å². The van der Waals surface area contributed by atoms with Crippen molar-refractivity contribution in [2.24, 2.45) is 0 Å². The van der Waals surface area contributed by atoms with Crippen molar-refractivity contribution in [3.8, 4) is 0 Å². The molecular weight excluding hydrogens is 425 g/mol. The van der Waals surface area contributed by atoms with Gasteiger partial charge in [-0.15, -0.1) is 0 Å². The summed E-state index contributed by atoms with van der Waals surface area (Å²) in [5.74, 6) is -1.03. The molecule has 0 fully saturated rings. The molecule has 3 aromatic rings. The molecule has 1 heterocycles. The first kappa shape index (κ1) is 20.1. The van der Waals surface area contributed by atoms with Gasteiger partial charge in [0.25, 0.3) is 5.91 Å². The number of halogens is 2. The molecule has 146 valence electrons. The SMILES string of the molecule is O=C(CCNC(=O)c1cc(F)ccc1Br)NCCCn1ccc2ccccc21. The molecule has 3 rings (SSSR count). The maximum atomic E-state index is 13.3. The summed E-state index contributed by atoms with van der Waals surface area (Å²) < 4.78 is 15.9. The summed E-state index contributed by atoms with van der Waals surface area (Å²) >= 11 is 3.22. The Balaban J connectivity index is 1.35. The van der Waals surface area contributed by atoms with Crippen molar-refractivity contribution in [1.82, 2.24) is 15.2 Å². The van der Waals surface area contributed by atoms with Crippen molar-refractivity contribution >= 4 is 38.6 Å². The fraction of sp³-hybridized carbons (Fsp3) is 0.238. The number of hydrogen-bond donors (Lipinski definition) is 2. The average Bonchev–Trinajstić information content (AvgIpc) is 3.10. The number of aryl methyl sites for hydroxylation is 1. The molecule has 0 atom stereocenters. The van der Waals surface area contributed by atoms with Crippen LogP contribution in [0.4, 0.5) is 4.39 Å². The Labute approximate surface area is 171 Å². The van der Waals surface area contributed by atoms with Gasteiger partial charge in [-0.2, -0.15) is 0 Å². The zero-order chi connectivity index (χ0) is 19.9. The number of para-hydroxylation sites is 1. The molecule has 2 amide bonds. The van der Waals surface area contributed by atoms with Gasteiger partial charge in [0.15, 0.2) is 0 Å². The van der Waals surface area contributed by atoms with Crippen LogP contribution >= 0.6 is 15.9 Å². The normalized spacial score (nSPS) is 10.8. The minimum absolute atomic E-state index is 0.129. The molecule has 0 radical (unpaired) electrons. The maximum absolute atomic E-state index is 13.3. The number of aromatic nitrogens is 1. The van der Waals surface area contributed by atoms with Gasteiger partial charge in [-0.05, 0) is 58.1 Å². The fourth-order valence-electron chi connectivity index (χ4n) is 2.96. The van der Waals surface area contributed by atoms with Crippen molar-refractivity contribution in [1.29, 1.82) is 0 Å². The van der Waals surface area contributed by atoms with Crippen LogP contribution in [-0.4, -0.2) is 29.5 Å². The van der Waals surface area contributed by atoms with Crippen molar-refractivity contribution in [2.75, 3.05) is 13.1 Å². The molecule has 0 saturated heterocycles. The van der Waals surface area contributed by atoms with Crippen molar-refractivity contribution in [3.05, 3.63) is 70.6 Å². The minimum Gasteiger partial charge on any atom is -0.356 e. The molecule has 0 aliphatic carbocycles. The number of nitrogens with zero attached hydrogens (tertiary/aromatic N) is 1. The third-order valence-electron chi connectivity index (χ3n) is 4.39. The second-order valence-electron chi connectivity index (χ2n) is 6.40. The van der Waals surface area contributed by atoms with Gasteiger partial charge in [-0.25, -0.2) is 4.39 Å². The molecular formula is C21H21BrFN3O2. The van der Waals surface area contributed by atoms with E-state index in [1.807, 2.05) is 18.3 Å². The van der Waals surface area contributed by atoms with Crippen LogP contribution in [0.1, 0.15) is 23.2 Å². The highest BCUT2D eigenvalue weighted by atomic mass is 79.9. The zero-order valence-corrected chi connectivity index (χ0v) is 16.8. The van der Waals surface area contributed by atoms with Gasteiger partial charge in [0.2, 0.25) is 5.91 Å². The highest BCUT2D eigenvalue weighted by Crippen LogP contribution is 2.17. The molecule has 2 aromatic carbocycles. The van der Waals surface area contributed by atoms with Crippen molar-refractivity contribution < 1.29 is 14.0 Å². The van der Waals surface area contributed by atoms with Gasteiger partial charge in [0, 0.05) is 42.2 Å². The molecule has 1 aromatic heterocycles. The Morgan fingerprint density at radius 1 is 1.04 bits per heavy atom. The monoisotopic (exact) mass is 445 g/mol. The number of fused-ring (bicyclic) bond motifs is 1. The quantitative estimate of drug-likeness (QED) is 0.516. The van der Waals surface area contributed by atoms with Crippen LogP contribution in [0.15, 0.2) is 59.2 Å². The molecule has 28 heavy (non-hydrogen) atoms. The fourth-order valence-corrected chi connectivity index (χ4v) is 3.38. The number of carbonyl (C=O) groups excluding carboxylic acids is 2. The van der Waals surface area contributed by atoms with Crippen LogP contribution < -0.4 is 10.6 Å². The Morgan fingerprint density at radius 3 is 2.71 bits per heavy atom. The van der Waals surface area contributed by atoms with Gasteiger partial charge in [-0.3, -0.25) is 9.59 Å². The second kappa shape index (κ2) is 9.50. The molecule has 0 unspecified atom stereocenters. The zero-order valence-electron chi connectivity index (χ0n) is 15.3. The van der Waals surface area contributed by atoms with Gasteiger partial charge < -0.3 is 15.2 Å². The van der Waals surface area contributed by atoms with E-state index >= 15 is 0 Å².